The highest BCUT2D eigenvalue weighted by Crippen LogP contribution is 2.45. The first-order valence-electron chi connectivity index (χ1n) is 5.05. The highest BCUT2D eigenvalue weighted by Gasteiger charge is 2.44. The average molecular weight is 316 g/mol. The second-order valence-electron chi connectivity index (χ2n) is 3.68. The Morgan fingerprint density at radius 1 is 1.00 bits per heavy atom. The van der Waals surface area contributed by atoms with Crippen LogP contribution in [-0.2, 0) is 12.4 Å². The molecule has 1 N–H and O–H groups in total. The van der Waals surface area contributed by atoms with E-state index in [0.717, 1.165) is 11.8 Å². The van der Waals surface area contributed by atoms with Crippen LogP contribution in [0.25, 0.3) is 0 Å². The molecule has 0 atom stereocenters. The average Bonchev–Trinajstić information content (AvgIpc) is 2.34. The minimum atomic E-state index is -4.94. The molecule has 20 heavy (non-hydrogen) atoms. The number of anilines is 1. The SMILES string of the molecule is CSC1=Nc2c(C(F)(F)F)nnc(C(F)(F)F)c2NC1. The number of thioether (sulfide) groups is 1. The van der Waals surface area contributed by atoms with Crippen molar-refractivity contribution in [2.45, 2.75) is 12.4 Å². The highest BCUT2D eigenvalue weighted by atomic mass is 32.2. The van der Waals surface area contributed by atoms with Crippen LogP contribution in [0.2, 0.25) is 0 Å². The van der Waals surface area contributed by atoms with Gasteiger partial charge in [-0.1, -0.05) is 0 Å². The number of nitrogens with zero attached hydrogens (tertiary/aromatic N) is 3. The normalized spacial score (nSPS) is 15.4. The lowest BCUT2D eigenvalue weighted by atomic mass is 10.2. The van der Waals surface area contributed by atoms with Gasteiger partial charge in [-0.25, -0.2) is 4.99 Å². The molecule has 0 unspecified atom stereocenters. The summed E-state index contributed by atoms with van der Waals surface area (Å²) < 4.78 is 76.4. The molecule has 1 aliphatic rings. The Morgan fingerprint density at radius 3 is 2.05 bits per heavy atom. The second-order valence-corrected chi connectivity index (χ2v) is 4.56. The minimum absolute atomic E-state index is 0.0970. The van der Waals surface area contributed by atoms with E-state index >= 15 is 0 Å². The number of halogens is 6. The minimum Gasteiger partial charge on any atom is -0.375 e. The maximum atomic E-state index is 12.7. The van der Waals surface area contributed by atoms with Gasteiger partial charge in [-0.05, 0) is 6.26 Å². The van der Waals surface area contributed by atoms with Gasteiger partial charge in [0.1, 0.15) is 5.69 Å². The molecule has 11 heteroatoms. The molecule has 4 nitrogen and oxygen atoms in total. The van der Waals surface area contributed by atoms with E-state index in [-0.39, 0.29) is 11.6 Å². The standard InChI is InChI=1S/C9H6F6N4S/c1-20-3-2-16-4-5(17-3)7(9(13,14)15)19-18-6(4)8(10,11)12/h16H,2H2,1H3. The number of fused-ring (bicyclic) bond motifs is 1. The van der Waals surface area contributed by atoms with Crippen LogP contribution in [0, 0.1) is 0 Å². The molecule has 0 saturated carbocycles. The van der Waals surface area contributed by atoms with Gasteiger partial charge in [-0.3, -0.25) is 0 Å². The number of alkyl halides is 6. The van der Waals surface area contributed by atoms with Crippen LogP contribution in [0.3, 0.4) is 0 Å². The van der Waals surface area contributed by atoms with Crippen molar-refractivity contribution in [1.82, 2.24) is 10.2 Å². The van der Waals surface area contributed by atoms with Crippen molar-refractivity contribution in [1.29, 1.82) is 0 Å². The van der Waals surface area contributed by atoms with Crippen molar-refractivity contribution in [2.24, 2.45) is 4.99 Å². The van der Waals surface area contributed by atoms with Crippen LogP contribution >= 0.6 is 11.8 Å². The predicted octanol–water partition coefficient (Wildman–Crippen LogP) is 3.33. The number of aliphatic imine (C=N–C) groups is 1. The third-order valence-corrected chi connectivity index (χ3v) is 3.08. The van der Waals surface area contributed by atoms with E-state index in [1.54, 1.807) is 6.26 Å². The molecule has 2 rings (SSSR count). The van der Waals surface area contributed by atoms with Crippen LogP contribution in [0.4, 0.5) is 37.7 Å². The Hall–Kier alpha value is -1.52. The van der Waals surface area contributed by atoms with Crippen molar-refractivity contribution in [2.75, 3.05) is 18.1 Å². The molecule has 1 aromatic heterocycles. The Morgan fingerprint density at radius 2 is 1.55 bits per heavy atom. The van der Waals surface area contributed by atoms with Crippen molar-refractivity contribution in [3.8, 4) is 0 Å². The third kappa shape index (κ3) is 2.67. The largest absolute Gasteiger partial charge is 0.437 e. The zero-order valence-electron chi connectivity index (χ0n) is 9.72. The Bertz CT molecular complexity index is 565. The molecule has 1 aliphatic heterocycles. The molecule has 0 aromatic carbocycles. The van der Waals surface area contributed by atoms with E-state index in [4.69, 9.17) is 0 Å². The first kappa shape index (κ1) is 14.9. The van der Waals surface area contributed by atoms with Crippen LogP contribution < -0.4 is 5.32 Å². The molecule has 0 radical (unpaired) electrons. The quantitative estimate of drug-likeness (QED) is 0.746. The predicted molar refractivity (Wildman–Crippen MR) is 61.1 cm³/mol. The Balaban J connectivity index is 2.71. The number of hydrogen-bond donors (Lipinski definition) is 1. The fraction of sp³-hybridized carbons (Fsp3) is 0.444. The Kier molecular flexibility index (Phi) is 3.56. The van der Waals surface area contributed by atoms with E-state index in [0.29, 0.717) is 0 Å². The molecule has 2 heterocycles. The van der Waals surface area contributed by atoms with Crippen molar-refractivity contribution < 1.29 is 26.3 Å². The molecule has 0 saturated heterocycles. The van der Waals surface area contributed by atoms with Gasteiger partial charge in [0.15, 0.2) is 11.4 Å². The second kappa shape index (κ2) is 4.79. The summed E-state index contributed by atoms with van der Waals surface area (Å²) in [7, 11) is 0. The lowest BCUT2D eigenvalue weighted by Gasteiger charge is -2.22. The number of hydrogen-bond acceptors (Lipinski definition) is 5. The molecular weight excluding hydrogens is 310 g/mol. The lowest BCUT2D eigenvalue weighted by molar-refractivity contribution is -0.146. The van der Waals surface area contributed by atoms with Crippen molar-refractivity contribution in [3.05, 3.63) is 11.4 Å². The van der Waals surface area contributed by atoms with E-state index in [9.17, 15) is 26.3 Å². The fourth-order valence-electron chi connectivity index (χ4n) is 1.54. The first-order chi connectivity index (χ1) is 9.14. The van der Waals surface area contributed by atoms with Crippen LogP contribution in [-0.4, -0.2) is 28.0 Å². The smallest absolute Gasteiger partial charge is 0.375 e. The maximum absolute atomic E-state index is 12.7. The monoisotopic (exact) mass is 316 g/mol. The summed E-state index contributed by atoms with van der Waals surface area (Å²) in [4.78, 5) is 3.60. The van der Waals surface area contributed by atoms with E-state index < -0.39 is 35.1 Å². The van der Waals surface area contributed by atoms with Crippen LogP contribution in [0.5, 0.6) is 0 Å². The highest BCUT2D eigenvalue weighted by molar-refractivity contribution is 8.13. The summed E-state index contributed by atoms with van der Waals surface area (Å²) in [6.07, 6.45) is -8.30. The van der Waals surface area contributed by atoms with E-state index in [2.05, 4.69) is 20.5 Å². The van der Waals surface area contributed by atoms with Crippen LogP contribution in [0.15, 0.2) is 4.99 Å². The summed E-state index contributed by atoms with van der Waals surface area (Å²) in [5, 5.41) is 7.80. The molecule has 1 aromatic rings. The van der Waals surface area contributed by atoms with Gasteiger partial charge < -0.3 is 5.32 Å². The first-order valence-corrected chi connectivity index (χ1v) is 6.27. The van der Waals surface area contributed by atoms with Crippen LogP contribution in [0.1, 0.15) is 11.4 Å². The van der Waals surface area contributed by atoms with E-state index in [1.165, 1.54) is 0 Å². The summed E-state index contributed by atoms with van der Waals surface area (Å²) >= 11 is 1.03. The van der Waals surface area contributed by atoms with Crippen molar-refractivity contribution in [3.63, 3.8) is 0 Å². The third-order valence-electron chi connectivity index (χ3n) is 2.37. The van der Waals surface area contributed by atoms with Crippen molar-refractivity contribution >= 4 is 28.2 Å². The lowest BCUT2D eigenvalue weighted by Crippen LogP contribution is -2.23. The zero-order chi connectivity index (χ0) is 15.1. The molecule has 0 aliphatic carbocycles. The number of rotatable bonds is 0. The Labute approximate surface area is 112 Å². The van der Waals surface area contributed by atoms with Gasteiger partial charge >= 0.3 is 12.4 Å². The molecule has 110 valence electrons. The summed E-state index contributed by atoms with van der Waals surface area (Å²) in [6.45, 7) is -0.0970. The summed E-state index contributed by atoms with van der Waals surface area (Å²) in [6, 6.07) is 0. The maximum Gasteiger partial charge on any atom is 0.437 e. The molecular formula is C9H6F6N4S. The van der Waals surface area contributed by atoms with Gasteiger partial charge in [-0.2, -0.15) is 26.3 Å². The molecule has 0 spiro atoms. The van der Waals surface area contributed by atoms with E-state index in [1.807, 2.05) is 0 Å². The van der Waals surface area contributed by atoms with Gasteiger partial charge in [0.05, 0.1) is 17.3 Å². The molecule has 0 bridgehead atoms. The van der Waals surface area contributed by atoms with Gasteiger partial charge in [0.25, 0.3) is 0 Å². The van der Waals surface area contributed by atoms with Gasteiger partial charge in [0.2, 0.25) is 0 Å². The summed E-state index contributed by atoms with van der Waals surface area (Å²) in [5.41, 5.74) is -4.73. The zero-order valence-corrected chi connectivity index (χ0v) is 10.5. The topological polar surface area (TPSA) is 50.2 Å². The van der Waals surface area contributed by atoms with Gasteiger partial charge in [0, 0.05) is 0 Å². The molecule has 0 fully saturated rings. The fourth-order valence-corrected chi connectivity index (χ4v) is 1.94. The van der Waals surface area contributed by atoms with Gasteiger partial charge in [-0.15, -0.1) is 22.0 Å². The summed E-state index contributed by atoms with van der Waals surface area (Å²) in [5.74, 6) is 0. The number of nitrogens with one attached hydrogen (secondary N) is 1. The molecule has 0 amide bonds. The number of aromatic nitrogens is 2.